The molecule has 84 valence electrons. The smallest absolute Gasteiger partial charge is 0.0960 e. The molecule has 1 aromatic heterocycles. The van der Waals surface area contributed by atoms with Gasteiger partial charge in [0.25, 0.3) is 0 Å². The molecule has 1 fully saturated rings. The van der Waals surface area contributed by atoms with Gasteiger partial charge in [0.2, 0.25) is 0 Å². The van der Waals surface area contributed by atoms with Gasteiger partial charge in [0.15, 0.2) is 0 Å². The molecule has 0 radical (unpaired) electrons. The molecule has 0 aromatic carbocycles. The lowest BCUT2D eigenvalue weighted by atomic mass is 9.99. The minimum Gasteiger partial charge on any atom is -0.330 e. The highest BCUT2D eigenvalue weighted by atomic mass is 32.1. The molecule has 4 heteroatoms. The molecule has 0 aliphatic carbocycles. The van der Waals surface area contributed by atoms with Crippen LogP contribution in [-0.4, -0.2) is 24.6 Å². The van der Waals surface area contributed by atoms with Crippen molar-refractivity contribution in [3.05, 3.63) is 16.1 Å². The summed E-state index contributed by atoms with van der Waals surface area (Å²) in [6.07, 6.45) is 2.45. The van der Waals surface area contributed by atoms with Gasteiger partial charge in [0, 0.05) is 23.8 Å². The van der Waals surface area contributed by atoms with E-state index in [-0.39, 0.29) is 0 Å². The molecule has 2 heterocycles. The van der Waals surface area contributed by atoms with E-state index in [4.69, 9.17) is 10.7 Å². The second-order valence-electron chi connectivity index (χ2n) is 4.27. The Labute approximate surface area is 95.1 Å². The average molecular weight is 225 g/mol. The zero-order valence-electron chi connectivity index (χ0n) is 9.20. The Hall–Kier alpha value is -0.450. The van der Waals surface area contributed by atoms with E-state index in [1.165, 1.54) is 23.5 Å². The zero-order chi connectivity index (χ0) is 10.7. The molecule has 1 atom stereocenters. The highest BCUT2D eigenvalue weighted by molar-refractivity contribution is 7.09. The number of hydrogen-bond acceptors (Lipinski definition) is 4. The van der Waals surface area contributed by atoms with Gasteiger partial charge < -0.3 is 11.1 Å². The van der Waals surface area contributed by atoms with Crippen LogP contribution in [0, 0.1) is 0 Å². The van der Waals surface area contributed by atoms with Gasteiger partial charge >= 0.3 is 0 Å². The van der Waals surface area contributed by atoms with E-state index in [2.05, 4.69) is 17.6 Å². The van der Waals surface area contributed by atoms with Gasteiger partial charge in [-0.05, 0) is 25.9 Å². The van der Waals surface area contributed by atoms with E-state index in [1.807, 2.05) is 0 Å². The van der Waals surface area contributed by atoms with Gasteiger partial charge in [-0.3, -0.25) is 0 Å². The number of thiazole rings is 1. The number of nitrogens with one attached hydrogen (secondary N) is 1. The molecule has 2 rings (SSSR count). The van der Waals surface area contributed by atoms with Crippen molar-refractivity contribution in [1.29, 1.82) is 0 Å². The van der Waals surface area contributed by atoms with Crippen LogP contribution in [0.4, 0.5) is 0 Å². The number of nitrogens with zero attached hydrogens (tertiary/aromatic N) is 1. The predicted octanol–water partition coefficient (Wildman–Crippen LogP) is 1.67. The third-order valence-electron chi connectivity index (χ3n) is 3.09. The largest absolute Gasteiger partial charge is 0.330 e. The molecule has 1 aliphatic rings. The summed E-state index contributed by atoms with van der Waals surface area (Å²) in [5, 5.41) is 6.87. The topological polar surface area (TPSA) is 50.9 Å². The molecule has 3 nitrogen and oxygen atoms in total. The first kappa shape index (κ1) is 11.0. The fourth-order valence-electron chi connectivity index (χ4n) is 1.90. The predicted molar refractivity (Wildman–Crippen MR) is 64.4 cm³/mol. The summed E-state index contributed by atoms with van der Waals surface area (Å²) in [4.78, 5) is 4.72. The highest BCUT2D eigenvalue weighted by Crippen LogP contribution is 2.29. The number of aromatic nitrogens is 1. The normalized spacial score (nSPS) is 20.4. The van der Waals surface area contributed by atoms with E-state index in [9.17, 15) is 0 Å². The summed E-state index contributed by atoms with van der Waals surface area (Å²) >= 11 is 1.81. The van der Waals surface area contributed by atoms with Gasteiger partial charge in [-0.2, -0.15) is 0 Å². The Morgan fingerprint density at radius 2 is 2.33 bits per heavy atom. The van der Waals surface area contributed by atoms with Crippen LogP contribution in [0.3, 0.4) is 0 Å². The summed E-state index contributed by atoms with van der Waals surface area (Å²) in [7, 11) is 0. The van der Waals surface area contributed by atoms with Gasteiger partial charge in [0.05, 0.1) is 10.7 Å². The minimum absolute atomic E-state index is 0.400. The third kappa shape index (κ3) is 2.56. The molecule has 0 amide bonds. The molecule has 3 N–H and O–H groups in total. The maximum Gasteiger partial charge on any atom is 0.0960 e. The lowest BCUT2D eigenvalue weighted by molar-refractivity contribution is 0.458. The van der Waals surface area contributed by atoms with Gasteiger partial charge in [-0.25, -0.2) is 4.98 Å². The summed E-state index contributed by atoms with van der Waals surface area (Å²) in [5.74, 6) is 1.08. The van der Waals surface area contributed by atoms with E-state index in [0.717, 1.165) is 13.1 Å². The molecular weight excluding hydrogens is 206 g/mol. The van der Waals surface area contributed by atoms with Gasteiger partial charge in [0.1, 0.15) is 0 Å². The van der Waals surface area contributed by atoms with E-state index in [0.29, 0.717) is 18.4 Å². The van der Waals surface area contributed by atoms with Crippen LogP contribution in [0.25, 0.3) is 0 Å². The second-order valence-corrected chi connectivity index (χ2v) is 5.16. The number of piperidine rings is 1. The first-order chi connectivity index (χ1) is 7.31. The van der Waals surface area contributed by atoms with Crippen LogP contribution >= 0.6 is 11.3 Å². The van der Waals surface area contributed by atoms with Gasteiger partial charge in [-0.1, -0.05) is 6.92 Å². The maximum atomic E-state index is 5.65. The standard InChI is InChI=1S/C11H19N3S/c1-8(6-12)10-7-15-11(14-10)9-2-4-13-5-3-9/h7-9,13H,2-6,12H2,1H3. The maximum absolute atomic E-state index is 5.65. The van der Waals surface area contributed by atoms with E-state index >= 15 is 0 Å². The van der Waals surface area contributed by atoms with Crippen LogP contribution in [0.15, 0.2) is 5.38 Å². The molecular formula is C11H19N3S. The second kappa shape index (κ2) is 5.05. The van der Waals surface area contributed by atoms with Gasteiger partial charge in [-0.15, -0.1) is 11.3 Å². The Bertz CT molecular complexity index is 305. The first-order valence-corrected chi connectivity index (χ1v) is 6.55. The quantitative estimate of drug-likeness (QED) is 0.823. The molecule has 0 spiro atoms. The summed E-state index contributed by atoms with van der Waals surface area (Å²) in [6, 6.07) is 0. The Kier molecular flexibility index (Phi) is 3.72. The number of nitrogens with two attached hydrogens (primary N) is 1. The lowest BCUT2D eigenvalue weighted by Gasteiger charge is -2.20. The monoisotopic (exact) mass is 225 g/mol. The fourth-order valence-corrected chi connectivity index (χ4v) is 3.02. The summed E-state index contributed by atoms with van der Waals surface area (Å²) < 4.78 is 0. The van der Waals surface area contributed by atoms with Crippen molar-refractivity contribution in [3.63, 3.8) is 0 Å². The molecule has 1 saturated heterocycles. The zero-order valence-corrected chi connectivity index (χ0v) is 10.0. The Morgan fingerprint density at radius 3 is 3.00 bits per heavy atom. The van der Waals surface area contributed by atoms with Crippen molar-refractivity contribution >= 4 is 11.3 Å². The van der Waals surface area contributed by atoms with Crippen molar-refractivity contribution in [2.75, 3.05) is 19.6 Å². The lowest BCUT2D eigenvalue weighted by Crippen LogP contribution is -2.26. The Morgan fingerprint density at radius 1 is 1.60 bits per heavy atom. The minimum atomic E-state index is 0.400. The van der Waals surface area contributed by atoms with E-state index < -0.39 is 0 Å². The van der Waals surface area contributed by atoms with Crippen molar-refractivity contribution < 1.29 is 0 Å². The summed E-state index contributed by atoms with van der Waals surface area (Å²) in [5.41, 5.74) is 6.82. The number of rotatable bonds is 3. The molecule has 1 aliphatic heterocycles. The van der Waals surface area contributed by atoms with Crippen molar-refractivity contribution in [2.24, 2.45) is 5.73 Å². The van der Waals surface area contributed by atoms with Crippen molar-refractivity contribution in [3.8, 4) is 0 Å². The molecule has 1 unspecified atom stereocenters. The molecule has 1 aromatic rings. The SMILES string of the molecule is CC(CN)c1csc(C2CCNCC2)n1. The van der Waals surface area contributed by atoms with Crippen molar-refractivity contribution in [1.82, 2.24) is 10.3 Å². The van der Waals surface area contributed by atoms with Crippen LogP contribution < -0.4 is 11.1 Å². The molecule has 0 bridgehead atoms. The van der Waals surface area contributed by atoms with Crippen LogP contribution in [0.5, 0.6) is 0 Å². The first-order valence-electron chi connectivity index (χ1n) is 5.67. The average Bonchev–Trinajstić information content (AvgIpc) is 2.78. The van der Waals surface area contributed by atoms with Crippen LogP contribution in [0.1, 0.15) is 42.3 Å². The molecule has 0 saturated carbocycles. The third-order valence-corrected chi connectivity index (χ3v) is 4.11. The highest BCUT2D eigenvalue weighted by Gasteiger charge is 2.19. The van der Waals surface area contributed by atoms with Crippen LogP contribution in [-0.2, 0) is 0 Å². The Balaban J connectivity index is 2.05. The summed E-state index contributed by atoms with van der Waals surface area (Å²) in [6.45, 7) is 5.09. The number of hydrogen-bond donors (Lipinski definition) is 2. The van der Waals surface area contributed by atoms with E-state index in [1.54, 1.807) is 11.3 Å². The fraction of sp³-hybridized carbons (Fsp3) is 0.727. The molecule has 15 heavy (non-hydrogen) atoms. The van der Waals surface area contributed by atoms with Crippen LogP contribution in [0.2, 0.25) is 0 Å². The van der Waals surface area contributed by atoms with Crippen molar-refractivity contribution in [2.45, 2.75) is 31.6 Å².